The highest BCUT2D eigenvalue weighted by molar-refractivity contribution is 7.91. The molecule has 0 aliphatic rings. The highest BCUT2D eigenvalue weighted by atomic mass is 35.5. The van der Waals surface area contributed by atoms with Crippen LogP contribution in [0.1, 0.15) is 0 Å². The lowest BCUT2D eigenvalue weighted by Gasteiger charge is -2.09. The summed E-state index contributed by atoms with van der Waals surface area (Å²) in [7, 11) is 0. The van der Waals surface area contributed by atoms with E-state index in [1.165, 1.54) is 0 Å². The quantitative estimate of drug-likeness (QED) is 0.752. The average Bonchev–Trinajstić information content (AvgIpc) is 2.28. The maximum atomic E-state index is 12.1. The van der Waals surface area contributed by atoms with Crippen molar-refractivity contribution in [3.8, 4) is 0 Å². The smallest absolute Gasteiger partial charge is 0.159 e. The first-order valence-electron chi connectivity index (χ1n) is 4.60. The minimum Gasteiger partial charge on any atom is -0.606 e. The summed E-state index contributed by atoms with van der Waals surface area (Å²) < 4.78 is 12.1. The van der Waals surface area contributed by atoms with Crippen LogP contribution in [0.25, 0.3) is 0 Å². The number of benzene rings is 2. The molecule has 2 aromatic rings. The molecule has 0 heterocycles. The van der Waals surface area contributed by atoms with Gasteiger partial charge in [-0.2, -0.15) is 0 Å². The van der Waals surface area contributed by atoms with E-state index in [4.69, 9.17) is 23.2 Å². The molecule has 0 amide bonds. The fourth-order valence-electron chi connectivity index (χ4n) is 1.30. The predicted octanol–water partition coefficient (Wildman–Crippen LogP) is 4.16. The van der Waals surface area contributed by atoms with E-state index in [-0.39, 0.29) is 0 Å². The van der Waals surface area contributed by atoms with Crippen LogP contribution in [0.15, 0.2) is 58.3 Å². The molecule has 0 aliphatic heterocycles. The third kappa shape index (κ3) is 2.71. The summed E-state index contributed by atoms with van der Waals surface area (Å²) in [6, 6.07) is 14.0. The van der Waals surface area contributed by atoms with E-state index in [1.807, 2.05) is 0 Å². The van der Waals surface area contributed by atoms with Crippen molar-refractivity contribution in [3.05, 3.63) is 58.6 Å². The molecule has 16 heavy (non-hydrogen) atoms. The zero-order chi connectivity index (χ0) is 11.5. The molecule has 0 fully saturated rings. The van der Waals surface area contributed by atoms with Gasteiger partial charge in [-0.05, 0) is 24.3 Å². The Kier molecular flexibility index (Phi) is 3.77. The summed E-state index contributed by atoms with van der Waals surface area (Å²) in [6.07, 6.45) is 0. The Hall–Kier alpha value is -0.670. The Morgan fingerprint density at radius 2 is 1.25 bits per heavy atom. The number of hydrogen-bond acceptors (Lipinski definition) is 1. The van der Waals surface area contributed by atoms with E-state index in [9.17, 15) is 4.55 Å². The fraction of sp³-hybridized carbons (Fsp3) is 0. The molecule has 2 rings (SSSR count). The van der Waals surface area contributed by atoms with Gasteiger partial charge in [0.1, 0.15) is 0 Å². The van der Waals surface area contributed by atoms with Gasteiger partial charge in [-0.1, -0.05) is 35.3 Å². The standard InChI is InChI=1S/C12H8Cl2OS/c13-9-3-1-5-11(7-9)16(15)12-6-2-4-10(14)8-12/h1-8H. The van der Waals surface area contributed by atoms with Crippen molar-refractivity contribution in [2.24, 2.45) is 0 Å². The van der Waals surface area contributed by atoms with Crippen LogP contribution in [-0.4, -0.2) is 4.55 Å². The van der Waals surface area contributed by atoms with Crippen molar-refractivity contribution in [1.29, 1.82) is 0 Å². The van der Waals surface area contributed by atoms with E-state index in [1.54, 1.807) is 48.5 Å². The molecule has 0 unspecified atom stereocenters. The molecule has 0 spiro atoms. The van der Waals surface area contributed by atoms with Gasteiger partial charge in [0.15, 0.2) is 9.79 Å². The van der Waals surface area contributed by atoms with E-state index in [0.29, 0.717) is 19.8 Å². The van der Waals surface area contributed by atoms with E-state index < -0.39 is 11.2 Å². The first kappa shape index (κ1) is 11.8. The monoisotopic (exact) mass is 270 g/mol. The molecule has 1 nitrogen and oxygen atoms in total. The van der Waals surface area contributed by atoms with Crippen molar-refractivity contribution >= 4 is 34.4 Å². The van der Waals surface area contributed by atoms with Crippen LogP contribution < -0.4 is 0 Å². The van der Waals surface area contributed by atoms with Gasteiger partial charge in [-0.15, -0.1) is 0 Å². The van der Waals surface area contributed by atoms with Gasteiger partial charge in [0, 0.05) is 33.4 Å². The lowest BCUT2D eigenvalue weighted by Crippen LogP contribution is -2.01. The van der Waals surface area contributed by atoms with Crippen molar-refractivity contribution in [1.82, 2.24) is 0 Å². The molecule has 0 radical (unpaired) electrons. The Balaban J connectivity index is 2.35. The first-order valence-corrected chi connectivity index (χ1v) is 6.50. The minimum atomic E-state index is -1.24. The summed E-state index contributed by atoms with van der Waals surface area (Å²) >= 11 is 10.5. The topological polar surface area (TPSA) is 23.1 Å². The third-order valence-corrected chi connectivity index (χ3v) is 3.85. The van der Waals surface area contributed by atoms with Crippen molar-refractivity contribution < 1.29 is 4.55 Å². The van der Waals surface area contributed by atoms with Crippen LogP contribution in [0.3, 0.4) is 0 Å². The molecule has 0 atom stereocenters. The second-order valence-electron chi connectivity index (χ2n) is 3.18. The van der Waals surface area contributed by atoms with E-state index in [2.05, 4.69) is 0 Å². The van der Waals surface area contributed by atoms with Gasteiger partial charge in [0.25, 0.3) is 0 Å². The molecule has 82 valence electrons. The van der Waals surface area contributed by atoms with Crippen LogP contribution in [-0.2, 0) is 11.2 Å². The second kappa shape index (κ2) is 5.11. The van der Waals surface area contributed by atoms with Crippen LogP contribution in [0.5, 0.6) is 0 Å². The van der Waals surface area contributed by atoms with Crippen LogP contribution in [0.2, 0.25) is 10.0 Å². The zero-order valence-electron chi connectivity index (χ0n) is 8.19. The summed E-state index contributed by atoms with van der Waals surface area (Å²) in [5.41, 5.74) is 0. The van der Waals surface area contributed by atoms with Crippen LogP contribution in [0, 0.1) is 0 Å². The molecule has 2 aromatic carbocycles. The summed E-state index contributed by atoms with van der Waals surface area (Å²) in [6.45, 7) is 0. The number of halogens is 2. The van der Waals surface area contributed by atoms with Crippen molar-refractivity contribution in [2.75, 3.05) is 0 Å². The van der Waals surface area contributed by atoms with Gasteiger partial charge < -0.3 is 4.55 Å². The zero-order valence-corrected chi connectivity index (χ0v) is 10.5. The number of hydrogen-bond donors (Lipinski definition) is 0. The molecular formula is C12H8Cl2OS. The summed E-state index contributed by atoms with van der Waals surface area (Å²) in [5.74, 6) is 0. The second-order valence-corrected chi connectivity index (χ2v) is 5.54. The molecule has 0 N–H and O–H groups in total. The Morgan fingerprint density at radius 1 is 0.812 bits per heavy atom. The lowest BCUT2D eigenvalue weighted by atomic mass is 10.4. The van der Waals surface area contributed by atoms with E-state index >= 15 is 0 Å². The van der Waals surface area contributed by atoms with Gasteiger partial charge in [-0.25, -0.2) is 0 Å². The highest BCUT2D eigenvalue weighted by Gasteiger charge is 2.14. The molecule has 0 aromatic heterocycles. The average molecular weight is 271 g/mol. The maximum Gasteiger partial charge on any atom is 0.159 e. The maximum absolute atomic E-state index is 12.1. The van der Waals surface area contributed by atoms with Gasteiger partial charge in [0.05, 0.1) is 0 Å². The number of rotatable bonds is 2. The third-order valence-electron chi connectivity index (χ3n) is 2.02. The van der Waals surface area contributed by atoms with Gasteiger partial charge >= 0.3 is 0 Å². The normalized spacial score (nSPS) is 10.8. The van der Waals surface area contributed by atoms with Gasteiger partial charge in [-0.3, -0.25) is 0 Å². The minimum absolute atomic E-state index is 0.577. The molecule has 0 saturated carbocycles. The lowest BCUT2D eigenvalue weighted by molar-refractivity contribution is 0.595. The Morgan fingerprint density at radius 3 is 1.62 bits per heavy atom. The van der Waals surface area contributed by atoms with Gasteiger partial charge in [0.2, 0.25) is 0 Å². The predicted molar refractivity (Wildman–Crippen MR) is 67.6 cm³/mol. The largest absolute Gasteiger partial charge is 0.606 e. The van der Waals surface area contributed by atoms with Crippen molar-refractivity contribution in [3.63, 3.8) is 0 Å². The van der Waals surface area contributed by atoms with E-state index in [0.717, 1.165) is 0 Å². The summed E-state index contributed by atoms with van der Waals surface area (Å²) in [4.78, 5) is 1.35. The Bertz CT molecular complexity index is 456. The first-order chi connectivity index (χ1) is 7.66. The summed E-state index contributed by atoms with van der Waals surface area (Å²) in [5, 5.41) is 1.15. The highest BCUT2D eigenvalue weighted by Crippen LogP contribution is 2.24. The molecule has 0 bridgehead atoms. The van der Waals surface area contributed by atoms with Crippen LogP contribution >= 0.6 is 23.2 Å². The fourth-order valence-corrected chi connectivity index (χ4v) is 2.96. The SMILES string of the molecule is [O-][S+](c1cccc(Cl)c1)c1cccc(Cl)c1. The van der Waals surface area contributed by atoms with Crippen LogP contribution in [0.4, 0.5) is 0 Å². The Labute approximate surface area is 107 Å². The molecule has 4 heteroatoms. The van der Waals surface area contributed by atoms with Crippen molar-refractivity contribution in [2.45, 2.75) is 9.79 Å². The molecule has 0 saturated heterocycles. The molecular weight excluding hydrogens is 263 g/mol. The molecule has 0 aliphatic carbocycles.